The van der Waals surface area contributed by atoms with Crippen LogP contribution in [0, 0.1) is 5.92 Å². The van der Waals surface area contributed by atoms with Crippen LogP contribution in [0.1, 0.15) is 24.4 Å². The lowest BCUT2D eigenvalue weighted by atomic mass is 10.1. The van der Waals surface area contributed by atoms with Gasteiger partial charge in [-0.3, -0.25) is 4.99 Å². The average Bonchev–Trinajstić information content (AvgIpc) is 3.11. The van der Waals surface area contributed by atoms with Crippen LogP contribution in [0.25, 0.3) is 0 Å². The van der Waals surface area contributed by atoms with Gasteiger partial charge < -0.3 is 10.1 Å². The van der Waals surface area contributed by atoms with Gasteiger partial charge in [0.1, 0.15) is 0 Å². The van der Waals surface area contributed by atoms with Crippen molar-refractivity contribution in [3.8, 4) is 0 Å². The summed E-state index contributed by atoms with van der Waals surface area (Å²) in [4.78, 5) is 4.68. The van der Waals surface area contributed by atoms with Gasteiger partial charge in [-0.05, 0) is 24.3 Å². The van der Waals surface area contributed by atoms with Crippen molar-refractivity contribution in [2.24, 2.45) is 10.9 Å². The van der Waals surface area contributed by atoms with E-state index in [9.17, 15) is 0 Å². The second-order valence-electron chi connectivity index (χ2n) is 5.12. The minimum absolute atomic E-state index is 0.416. The third kappa shape index (κ3) is 3.51. The van der Waals surface area contributed by atoms with E-state index in [0.717, 1.165) is 43.0 Å². The number of amidine groups is 1. The number of benzene rings is 1. The summed E-state index contributed by atoms with van der Waals surface area (Å²) in [5.74, 6) is 1.80. The molecular formula is C15H20N2OS. The Morgan fingerprint density at radius 1 is 1.32 bits per heavy atom. The second kappa shape index (κ2) is 6.44. The van der Waals surface area contributed by atoms with E-state index in [1.165, 1.54) is 12.0 Å². The van der Waals surface area contributed by atoms with Crippen LogP contribution in [0.3, 0.4) is 0 Å². The van der Waals surface area contributed by atoms with E-state index in [2.05, 4.69) is 40.6 Å². The van der Waals surface area contributed by atoms with Gasteiger partial charge in [-0.2, -0.15) is 0 Å². The SMILES string of the molecule is c1ccc(C2CSC(=NCCC3CCOC3)N2)cc1. The van der Waals surface area contributed by atoms with Gasteiger partial charge in [0.15, 0.2) is 5.17 Å². The quantitative estimate of drug-likeness (QED) is 0.918. The Morgan fingerprint density at radius 3 is 3.00 bits per heavy atom. The summed E-state index contributed by atoms with van der Waals surface area (Å²) in [5, 5.41) is 4.62. The lowest BCUT2D eigenvalue weighted by molar-refractivity contribution is 0.184. The molecule has 3 rings (SSSR count). The van der Waals surface area contributed by atoms with Crippen LogP contribution in [-0.2, 0) is 4.74 Å². The average molecular weight is 276 g/mol. The predicted molar refractivity (Wildman–Crippen MR) is 80.6 cm³/mol. The molecule has 102 valence electrons. The smallest absolute Gasteiger partial charge is 0.157 e. The van der Waals surface area contributed by atoms with Crippen molar-refractivity contribution < 1.29 is 4.74 Å². The van der Waals surface area contributed by atoms with Gasteiger partial charge in [0.25, 0.3) is 0 Å². The number of nitrogens with zero attached hydrogens (tertiary/aromatic N) is 1. The molecule has 2 aliphatic heterocycles. The molecule has 19 heavy (non-hydrogen) atoms. The molecule has 2 atom stereocenters. The first kappa shape index (κ1) is 13.0. The molecule has 2 unspecified atom stereocenters. The number of aliphatic imine (C=N–C) groups is 1. The van der Waals surface area contributed by atoms with E-state index < -0.39 is 0 Å². The minimum Gasteiger partial charge on any atom is -0.381 e. The van der Waals surface area contributed by atoms with E-state index in [1.807, 2.05) is 11.8 Å². The standard InChI is InChI=1S/C15H20N2OS/c1-2-4-13(5-3-1)14-11-19-15(17-14)16-8-6-12-7-9-18-10-12/h1-5,12,14H,6-11H2,(H,16,17). The van der Waals surface area contributed by atoms with Gasteiger partial charge in [0, 0.05) is 25.5 Å². The summed E-state index contributed by atoms with van der Waals surface area (Å²) < 4.78 is 5.39. The molecule has 1 aromatic carbocycles. The summed E-state index contributed by atoms with van der Waals surface area (Å²) in [7, 11) is 0. The van der Waals surface area contributed by atoms with Gasteiger partial charge in [-0.25, -0.2) is 0 Å². The number of ether oxygens (including phenoxy) is 1. The van der Waals surface area contributed by atoms with Crippen LogP contribution in [0.4, 0.5) is 0 Å². The molecule has 0 aromatic heterocycles. The lowest BCUT2D eigenvalue weighted by Crippen LogP contribution is -2.19. The van der Waals surface area contributed by atoms with Crippen molar-refractivity contribution in [1.29, 1.82) is 0 Å². The van der Waals surface area contributed by atoms with Gasteiger partial charge in [-0.1, -0.05) is 42.1 Å². The van der Waals surface area contributed by atoms with Crippen LogP contribution in [0.2, 0.25) is 0 Å². The molecule has 1 N–H and O–H groups in total. The molecule has 0 saturated carbocycles. The highest BCUT2D eigenvalue weighted by Gasteiger charge is 2.21. The van der Waals surface area contributed by atoms with Crippen molar-refractivity contribution in [3.05, 3.63) is 35.9 Å². The Balaban J connectivity index is 1.48. The Morgan fingerprint density at radius 2 is 2.21 bits per heavy atom. The first-order valence-electron chi connectivity index (χ1n) is 6.98. The molecule has 0 bridgehead atoms. The normalized spacial score (nSPS) is 28.7. The minimum atomic E-state index is 0.416. The van der Waals surface area contributed by atoms with E-state index in [4.69, 9.17) is 4.74 Å². The van der Waals surface area contributed by atoms with Crippen LogP contribution in [0.5, 0.6) is 0 Å². The van der Waals surface area contributed by atoms with Crippen LogP contribution in [0.15, 0.2) is 35.3 Å². The molecular weight excluding hydrogens is 256 g/mol. The molecule has 2 aliphatic rings. The van der Waals surface area contributed by atoms with E-state index in [-0.39, 0.29) is 0 Å². The van der Waals surface area contributed by atoms with E-state index in [0.29, 0.717) is 6.04 Å². The summed E-state index contributed by atoms with van der Waals surface area (Å²) in [6.07, 6.45) is 2.36. The fraction of sp³-hybridized carbons (Fsp3) is 0.533. The maximum atomic E-state index is 5.39. The number of hydrogen-bond donors (Lipinski definition) is 1. The van der Waals surface area contributed by atoms with Gasteiger partial charge in [-0.15, -0.1) is 0 Å². The highest BCUT2D eigenvalue weighted by atomic mass is 32.2. The van der Waals surface area contributed by atoms with E-state index >= 15 is 0 Å². The predicted octanol–water partition coefficient (Wildman–Crippen LogP) is 2.85. The molecule has 0 radical (unpaired) electrons. The maximum absolute atomic E-state index is 5.39. The Kier molecular flexibility index (Phi) is 4.41. The zero-order valence-electron chi connectivity index (χ0n) is 11.0. The summed E-state index contributed by atoms with van der Waals surface area (Å²) in [5.41, 5.74) is 1.35. The summed E-state index contributed by atoms with van der Waals surface area (Å²) >= 11 is 1.84. The zero-order chi connectivity index (χ0) is 12.9. The topological polar surface area (TPSA) is 33.6 Å². The monoisotopic (exact) mass is 276 g/mol. The molecule has 0 aliphatic carbocycles. The molecule has 2 saturated heterocycles. The Bertz CT molecular complexity index is 429. The maximum Gasteiger partial charge on any atom is 0.157 e. The summed E-state index contributed by atoms with van der Waals surface area (Å²) in [6.45, 7) is 2.78. The van der Waals surface area contributed by atoms with Gasteiger partial charge in [0.05, 0.1) is 6.04 Å². The fourth-order valence-electron chi connectivity index (χ4n) is 2.51. The highest BCUT2D eigenvalue weighted by molar-refractivity contribution is 8.14. The van der Waals surface area contributed by atoms with Crippen molar-refractivity contribution in [1.82, 2.24) is 5.32 Å². The zero-order valence-corrected chi connectivity index (χ0v) is 11.9. The molecule has 4 heteroatoms. The molecule has 2 fully saturated rings. The van der Waals surface area contributed by atoms with Crippen molar-refractivity contribution in [3.63, 3.8) is 0 Å². The molecule has 0 amide bonds. The van der Waals surface area contributed by atoms with Crippen molar-refractivity contribution in [2.75, 3.05) is 25.5 Å². The number of rotatable bonds is 4. The Labute approximate surface area is 118 Å². The largest absolute Gasteiger partial charge is 0.381 e. The van der Waals surface area contributed by atoms with Crippen LogP contribution < -0.4 is 5.32 Å². The van der Waals surface area contributed by atoms with Crippen molar-refractivity contribution >= 4 is 16.9 Å². The highest BCUT2D eigenvalue weighted by Crippen LogP contribution is 2.26. The fourth-order valence-corrected chi connectivity index (χ4v) is 3.52. The third-order valence-electron chi connectivity index (χ3n) is 3.70. The molecule has 3 nitrogen and oxygen atoms in total. The molecule has 2 heterocycles. The molecule has 1 aromatic rings. The van der Waals surface area contributed by atoms with E-state index in [1.54, 1.807) is 0 Å². The number of nitrogens with one attached hydrogen (secondary N) is 1. The first-order valence-corrected chi connectivity index (χ1v) is 7.97. The first-order chi connectivity index (χ1) is 9.42. The van der Waals surface area contributed by atoms with Crippen LogP contribution >= 0.6 is 11.8 Å². The number of hydrogen-bond acceptors (Lipinski definition) is 3. The van der Waals surface area contributed by atoms with Gasteiger partial charge >= 0.3 is 0 Å². The van der Waals surface area contributed by atoms with Crippen LogP contribution in [-0.4, -0.2) is 30.7 Å². The van der Waals surface area contributed by atoms with Crippen molar-refractivity contribution in [2.45, 2.75) is 18.9 Å². The van der Waals surface area contributed by atoms with Gasteiger partial charge in [0.2, 0.25) is 0 Å². The summed E-state index contributed by atoms with van der Waals surface area (Å²) in [6, 6.07) is 11.0. The molecule has 0 spiro atoms. The lowest BCUT2D eigenvalue weighted by Gasteiger charge is -2.09. The second-order valence-corrected chi connectivity index (χ2v) is 6.13. The number of thioether (sulfide) groups is 1. The third-order valence-corrected chi connectivity index (χ3v) is 4.72. The Hall–Kier alpha value is -1.00.